The summed E-state index contributed by atoms with van der Waals surface area (Å²) in [5.41, 5.74) is 4.23. The summed E-state index contributed by atoms with van der Waals surface area (Å²) in [6.45, 7) is 7.90. The third-order valence-corrected chi connectivity index (χ3v) is 4.13. The molecule has 0 bridgehead atoms. The van der Waals surface area contributed by atoms with Crippen molar-refractivity contribution in [1.82, 2.24) is 5.32 Å². The first-order valence-corrected chi connectivity index (χ1v) is 7.23. The zero-order valence-electron chi connectivity index (χ0n) is 12.0. The maximum Gasteiger partial charge on any atom is 0.0412 e. The zero-order chi connectivity index (χ0) is 13.0. The molecule has 18 heavy (non-hydrogen) atoms. The normalized spacial score (nSPS) is 17.2. The van der Waals surface area contributed by atoms with Gasteiger partial charge in [0.1, 0.15) is 0 Å². The van der Waals surface area contributed by atoms with Gasteiger partial charge in [-0.15, -0.1) is 0 Å². The highest BCUT2D eigenvalue weighted by atomic mass is 15.1. The molecule has 0 aliphatic carbocycles. The monoisotopic (exact) mass is 246 g/mol. The highest BCUT2D eigenvalue weighted by Crippen LogP contribution is 2.28. The van der Waals surface area contributed by atoms with Crippen LogP contribution in [0, 0.1) is 12.8 Å². The molecule has 1 aromatic carbocycles. The van der Waals surface area contributed by atoms with Gasteiger partial charge in [-0.05, 0) is 44.4 Å². The van der Waals surface area contributed by atoms with Crippen LogP contribution in [0.4, 0.5) is 5.69 Å². The van der Waals surface area contributed by atoms with Crippen LogP contribution < -0.4 is 10.2 Å². The number of aryl methyl sites for hydroxylation is 1. The molecule has 1 aliphatic heterocycles. The molecule has 1 saturated heterocycles. The molecule has 0 saturated carbocycles. The predicted octanol–water partition coefficient (Wildman–Crippen LogP) is 3.34. The molecule has 2 heteroatoms. The Bertz CT molecular complexity index is 379. The van der Waals surface area contributed by atoms with Crippen LogP contribution in [-0.4, -0.2) is 20.1 Å². The smallest absolute Gasteiger partial charge is 0.0412 e. The Hall–Kier alpha value is -1.02. The lowest BCUT2D eigenvalue weighted by molar-refractivity contribution is 0.394. The van der Waals surface area contributed by atoms with E-state index in [0.29, 0.717) is 0 Å². The van der Waals surface area contributed by atoms with Crippen LogP contribution in [0.5, 0.6) is 0 Å². The maximum absolute atomic E-state index is 3.28. The van der Waals surface area contributed by atoms with Gasteiger partial charge in [0.2, 0.25) is 0 Å². The molecule has 2 rings (SSSR count). The average Bonchev–Trinajstić information content (AvgIpc) is 2.40. The molecule has 1 heterocycles. The van der Waals surface area contributed by atoms with Crippen molar-refractivity contribution in [3.05, 3.63) is 29.3 Å². The number of nitrogens with one attached hydrogen (secondary N) is 1. The molecule has 2 nitrogen and oxygen atoms in total. The fourth-order valence-electron chi connectivity index (χ4n) is 2.94. The number of hydrogen-bond acceptors (Lipinski definition) is 2. The molecule has 100 valence electrons. The van der Waals surface area contributed by atoms with E-state index < -0.39 is 0 Å². The minimum absolute atomic E-state index is 0.944. The molecular formula is C16H26N2. The van der Waals surface area contributed by atoms with Crippen LogP contribution >= 0.6 is 0 Å². The molecule has 1 N–H and O–H groups in total. The van der Waals surface area contributed by atoms with E-state index in [0.717, 1.165) is 12.5 Å². The van der Waals surface area contributed by atoms with Gasteiger partial charge in [-0.3, -0.25) is 0 Å². The van der Waals surface area contributed by atoms with Gasteiger partial charge in [0.15, 0.2) is 0 Å². The van der Waals surface area contributed by atoms with Gasteiger partial charge in [0, 0.05) is 25.3 Å². The lowest BCUT2D eigenvalue weighted by atomic mass is 9.93. The van der Waals surface area contributed by atoms with Crippen LogP contribution in [-0.2, 0) is 6.54 Å². The molecule has 0 radical (unpaired) electrons. The Kier molecular flexibility index (Phi) is 4.65. The second kappa shape index (κ2) is 6.24. The Morgan fingerprint density at radius 2 is 2.00 bits per heavy atom. The largest absolute Gasteiger partial charge is 0.371 e. The van der Waals surface area contributed by atoms with Crippen LogP contribution in [0.3, 0.4) is 0 Å². The first kappa shape index (κ1) is 13.4. The standard InChI is InChI=1S/C16H26N2/c1-4-14-7-9-18(10-8-14)16-6-5-13(2)11-15(16)12-17-3/h5-6,11,14,17H,4,7-10,12H2,1-3H3. The molecular weight excluding hydrogens is 220 g/mol. The topological polar surface area (TPSA) is 15.3 Å². The number of anilines is 1. The van der Waals surface area contributed by atoms with Crippen molar-refractivity contribution < 1.29 is 0 Å². The minimum Gasteiger partial charge on any atom is -0.371 e. The van der Waals surface area contributed by atoms with E-state index in [2.05, 4.69) is 42.3 Å². The summed E-state index contributed by atoms with van der Waals surface area (Å²) in [6.07, 6.45) is 4.04. The third-order valence-electron chi connectivity index (χ3n) is 4.13. The van der Waals surface area contributed by atoms with Gasteiger partial charge >= 0.3 is 0 Å². The SMILES string of the molecule is CCC1CCN(c2ccc(C)cc2CNC)CC1. The van der Waals surface area contributed by atoms with E-state index in [4.69, 9.17) is 0 Å². The Morgan fingerprint density at radius 3 is 2.61 bits per heavy atom. The van der Waals surface area contributed by atoms with Crippen molar-refractivity contribution in [3.63, 3.8) is 0 Å². The molecule has 0 atom stereocenters. The second-order valence-corrected chi connectivity index (χ2v) is 5.50. The number of benzene rings is 1. The minimum atomic E-state index is 0.944. The van der Waals surface area contributed by atoms with Crippen molar-refractivity contribution in [3.8, 4) is 0 Å². The molecule has 1 aliphatic rings. The zero-order valence-corrected chi connectivity index (χ0v) is 12.0. The van der Waals surface area contributed by atoms with E-state index in [9.17, 15) is 0 Å². The van der Waals surface area contributed by atoms with E-state index in [1.807, 2.05) is 7.05 Å². The molecule has 1 fully saturated rings. The van der Waals surface area contributed by atoms with Crippen molar-refractivity contribution in [2.24, 2.45) is 5.92 Å². The number of rotatable bonds is 4. The van der Waals surface area contributed by atoms with Gasteiger partial charge in [-0.1, -0.05) is 31.0 Å². The summed E-state index contributed by atoms with van der Waals surface area (Å²) >= 11 is 0. The highest BCUT2D eigenvalue weighted by Gasteiger charge is 2.19. The van der Waals surface area contributed by atoms with Gasteiger partial charge in [-0.25, -0.2) is 0 Å². The van der Waals surface area contributed by atoms with E-state index in [1.54, 1.807) is 0 Å². The fourth-order valence-corrected chi connectivity index (χ4v) is 2.94. The van der Waals surface area contributed by atoms with Crippen LogP contribution in [0.15, 0.2) is 18.2 Å². The van der Waals surface area contributed by atoms with Crippen molar-refractivity contribution in [1.29, 1.82) is 0 Å². The van der Waals surface area contributed by atoms with E-state index in [1.165, 1.54) is 49.2 Å². The van der Waals surface area contributed by atoms with Crippen molar-refractivity contribution in [2.45, 2.75) is 39.7 Å². The van der Waals surface area contributed by atoms with E-state index in [-0.39, 0.29) is 0 Å². The van der Waals surface area contributed by atoms with Gasteiger partial charge < -0.3 is 10.2 Å². The predicted molar refractivity (Wildman–Crippen MR) is 79.2 cm³/mol. The molecule has 0 aromatic heterocycles. The molecule has 0 spiro atoms. The molecule has 0 unspecified atom stereocenters. The number of hydrogen-bond donors (Lipinski definition) is 1. The van der Waals surface area contributed by atoms with Crippen LogP contribution in [0.1, 0.15) is 37.3 Å². The second-order valence-electron chi connectivity index (χ2n) is 5.50. The third kappa shape index (κ3) is 3.05. The summed E-state index contributed by atoms with van der Waals surface area (Å²) in [5.74, 6) is 0.944. The summed E-state index contributed by atoms with van der Waals surface area (Å²) in [5, 5.41) is 3.28. The summed E-state index contributed by atoms with van der Waals surface area (Å²) in [4.78, 5) is 2.57. The average molecular weight is 246 g/mol. The number of piperidine rings is 1. The fraction of sp³-hybridized carbons (Fsp3) is 0.625. The first-order chi connectivity index (χ1) is 8.74. The van der Waals surface area contributed by atoms with Crippen molar-refractivity contribution in [2.75, 3.05) is 25.0 Å². The highest BCUT2D eigenvalue weighted by molar-refractivity contribution is 5.55. The maximum atomic E-state index is 3.28. The Labute approximate surface area is 111 Å². The van der Waals surface area contributed by atoms with E-state index >= 15 is 0 Å². The van der Waals surface area contributed by atoms with Crippen molar-refractivity contribution >= 4 is 5.69 Å². The summed E-state index contributed by atoms with van der Waals surface area (Å²) in [7, 11) is 2.02. The molecule has 1 aromatic rings. The van der Waals surface area contributed by atoms with Gasteiger partial charge in [-0.2, -0.15) is 0 Å². The quantitative estimate of drug-likeness (QED) is 0.876. The summed E-state index contributed by atoms with van der Waals surface area (Å²) < 4.78 is 0. The van der Waals surface area contributed by atoms with Crippen LogP contribution in [0.2, 0.25) is 0 Å². The van der Waals surface area contributed by atoms with Gasteiger partial charge in [0.25, 0.3) is 0 Å². The Morgan fingerprint density at radius 1 is 1.28 bits per heavy atom. The first-order valence-electron chi connectivity index (χ1n) is 7.23. The number of nitrogens with zero attached hydrogens (tertiary/aromatic N) is 1. The van der Waals surface area contributed by atoms with Gasteiger partial charge in [0.05, 0.1) is 0 Å². The molecule has 0 amide bonds. The Balaban J connectivity index is 2.13. The lowest BCUT2D eigenvalue weighted by Crippen LogP contribution is -2.34. The van der Waals surface area contributed by atoms with Crippen LogP contribution in [0.25, 0.3) is 0 Å². The lowest BCUT2D eigenvalue weighted by Gasteiger charge is -2.34. The summed E-state index contributed by atoms with van der Waals surface area (Å²) in [6, 6.07) is 6.85.